The number of benzene rings is 1. The number of aromatic hydroxyl groups is 1. The van der Waals surface area contributed by atoms with E-state index in [1.807, 2.05) is 26.0 Å². The molecule has 100 valence electrons. The van der Waals surface area contributed by atoms with Crippen LogP contribution in [0.4, 0.5) is 0 Å². The Balaban J connectivity index is 2.01. The first kappa shape index (κ1) is 12.3. The Bertz CT molecular complexity index is 750. The van der Waals surface area contributed by atoms with E-state index in [0.29, 0.717) is 17.1 Å². The fraction of sp³-hybridized carbons (Fsp3) is 0.143. The molecule has 0 spiro atoms. The third kappa shape index (κ3) is 2.23. The van der Waals surface area contributed by atoms with Gasteiger partial charge < -0.3 is 9.63 Å². The number of hydrogen-bond donors (Lipinski definition) is 1. The van der Waals surface area contributed by atoms with Crippen LogP contribution < -0.4 is 0 Å². The monoisotopic (exact) mass is 268 g/mol. The highest BCUT2D eigenvalue weighted by Crippen LogP contribution is 2.29. The Morgan fingerprint density at radius 3 is 2.65 bits per heavy atom. The molecule has 0 unspecified atom stereocenters. The van der Waals surface area contributed by atoms with Gasteiger partial charge in [-0.05, 0) is 38.1 Å². The first-order valence-corrected chi connectivity index (χ1v) is 6.08. The normalized spacial score (nSPS) is 10.7. The number of phenols is 1. The standard InChI is InChI=1S/C14H12N4O2/c1-8-3-6-12(19)10(7-8)14-15-13(18-20-14)11-5-4-9(2)16-17-11/h3-7,19H,1-2H3. The summed E-state index contributed by atoms with van der Waals surface area (Å²) in [5.74, 6) is 0.692. The molecule has 1 aromatic carbocycles. The van der Waals surface area contributed by atoms with Crippen molar-refractivity contribution in [2.24, 2.45) is 0 Å². The maximum absolute atomic E-state index is 9.85. The molecule has 20 heavy (non-hydrogen) atoms. The molecular formula is C14H12N4O2. The topological polar surface area (TPSA) is 84.9 Å². The van der Waals surface area contributed by atoms with Gasteiger partial charge in [-0.3, -0.25) is 0 Å². The minimum Gasteiger partial charge on any atom is -0.507 e. The average molecular weight is 268 g/mol. The molecule has 0 saturated carbocycles. The number of hydrogen-bond acceptors (Lipinski definition) is 6. The summed E-state index contributed by atoms with van der Waals surface area (Å²) in [6, 6.07) is 8.78. The molecule has 0 saturated heterocycles. The second kappa shape index (κ2) is 4.73. The van der Waals surface area contributed by atoms with E-state index < -0.39 is 0 Å². The van der Waals surface area contributed by atoms with Gasteiger partial charge in [0.15, 0.2) is 0 Å². The zero-order chi connectivity index (χ0) is 14.1. The maximum Gasteiger partial charge on any atom is 0.262 e. The minimum atomic E-state index is 0.0980. The zero-order valence-electron chi connectivity index (χ0n) is 11.0. The highest BCUT2D eigenvalue weighted by Gasteiger charge is 2.15. The maximum atomic E-state index is 9.85. The van der Waals surface area contributed by atoms with Gasteiger partial charge in [-0.1, -0.05) is 16.8 Å². The third-order valence-electron chi connectivity index (χ3n) is 2.84. The van der Waals surface area contributed by atoms with Crippen molar-refractivity contribution in [3.05, 3.63) is 41.6 Å². The molecule has 0 bridgehead atoms. The fourth-order valence-electron chi connectivity index (χ4n) is 1.78. The van der Waals surface area contributed by atoms with Gasteiger partial charge in [0.2, 0.25) is 5.82 Å². The van der Waals surface area contributed by atoms with Crippen LogP contribution in [0.25, 0.3) is 23.0 Å². The van der Waals surface area contributed by atoms with Crippen LogP contribution in [0.15, 0.2) is 34.9 Å². The van der Waals surface area contributed by atoms with Crippen molar-refractivity contribution >= 4 is 0 Å². The van der Waals surface area contributed by atoms with Crippen molar-refractivity contribution in [3.8, 4) is 28.7 Å². The van der Waals surface area contributed by atoms with Crippen molar-refractivity contribution in [1.29, 1.82) is 0 Å². The molecule has 6 heteroatoms. The van der Waals surface area contributed by atoms with E-state index in [-0.39, 0.29) is 11.6 Å². The van der Waals surface area contributed by atoms with E-state index in [1.54, 1.807) is 18.2 Å². The van der Waals surface area contributed by atoms with Gasteiger partial charge in [-0.25, -0.2) is 0 Å². The third-order valence-corrected chi connectivity index (χ3v) is 2.84. The molecule has 0 atom stereocenters. The van der Waals surface area contributed by atoms with Crippen LogP contribution in [-0.2, 0) is 0 Å². The van der Waals surface area contributed by atoms with Crippen LogP contribution in [0.3, 0.4) is 0 Å². The van der Waals surface area contributed by atoms with Crippen molar-refractivity contribution in [2.75, 3.05) is 0 Å². The van der Waals surface area contributed by atoms with Crippen molar-refractivity contribution in [3.63, 3.8) is 0 Å². The molecule has 2 heterocycles. The van der Waals surface area contributed by atoms with Gasteiger partial charge in [0.05, 0.1) is 11.3 Å². The van der Waals surface area contributed by atoms with Crippen LogP contribution in [0.1, 0.15) is 11.3 Å². The minimum absolute atomic E-state index is 0.0980. The van der Waals surface area contributed by atoms with E-state index in [1.165, 1.54) is 0 Å². The Hall–Kier alpha value is -2.76. The van der Waals surface area contributed by atoms with Crippen LogP contribution in [0.5, 0.6) is 5.75 Å². The highest BCUT2D eigenvalue weighted by molar-refractivity contribution is 5.64. The molecule has 6 nitrogen and oxygen atoms in total. The smallest absolute Gasteiger partial charge is 0.262 e. The van der Waals surface area contributed by atoms with Crippen LogP contribution in [0.2, 0.25) is 0 Å². The number of aromatic nitrogens is 4. The van der Waals surface area contributed by atoms with Gasteiger partial charge in [0, 0.05) is 0 Å². The number of phenolic OH excluding ortho intramolecular Hbond substituents is 1. The van der Waals surface area contributed by atoms with Crippen molar-refractivity contribution in [1.82, 2.24) is 20.3 Å². The molecule has 0 aliphatic rings. The van der Waals surface area contributed by atoms with Gasteiger partial charge in [-0.2, -0.15) is 10.1 Å². The van der Waals surface area contributed by atoms with Gasteiger partial charge in [0.25, 0.3) is 5.89 Å². The lowest BCUT2D eigenvalue weighted by atomic mass is 10.1. The summed E-state index contributed by atoms with van der Waals surface area (Å²) in [6.45, 7) is 3.77. The van der Waals surface area contributed by atoms with E-state index in [0.717, 1.165) is 11.3 Å². The first-order chi connectivity index (χ1) is 9.63. The fourth-order valence-corrected chi connectivity index (χ4v) is 1.78. The zero-order valence-corrected chi connectivity index (χ0v) is 11.0. The van der Waals surface area contributed by atoms with Crippen molar-refractivity contribution < 1.29 is 9.63 Å². The Labute approximate surface area is 115 Å². The molecule has 0 aliphatic heterocycles. The summed E-state index contributed by atoms with van der Waals surface area (Å²) in [7, 11) is 0. The highest BCUT2D eigenvalue weighted by atomic mass is 16.5. The average Bonchev–Trinajstić information content (AvgIpc) is 2.92. The summed E-state index contributed by atoms with van der Waals surface area (Å²) in [4.78, 5) is 4.24. The van der Waals surface area contributed by atoms with E-state index in [4.69, 9.17) is 4.52 Å². The SMILES string of the molecule is Cc1ccc(O)c(-c2nc(-c3ccc(C)nn3)no2)c1. The van der Waals surface area contributed by atoms with Crippen LogP contribution in [-0.4, -0.2) is 25.4 Å². The second-order valence-corrected chi connectivity index (χ2v) is 4.50. The molecule has 3 rings (SSSR count). The number of rotatable bonds is 2. The first-order valence-electron chi connectivity index (χ1n) is 6.08. The molecule has 0 aliphatic carbocycles. The second-order valence-electron chi connectivity index (χ2n) is 4.50. The Morgan fingerprint density at radius 2 is 1.90 bits per heavy atom. The van der Waals surface area contributed by atoms with E-state index in [2.05, 4.69) is 20.3 Å². The predicted octanol–water partition coefficient (Wildman–Crippen LogP) is 2.52. The lowest BCUT2D eigenvalue weighted by Crippen LogP contribution is -1.91. The van der Waals surface area contributed by atoms with E-state index in [9.17, 15) is 5.11 Å². The van der Waals surface area contributed by atoms with Gasteiger partial charge in [0.1, 0.15) is 11.4 Å². The van der Waals surface area contributed by atoms with Crippen molar-refractivity contribution in [2.45, 2.75) is 13.8 Å². The molecule has 1 N–H and O–H groups in total. The Kier molecular flexibility index (Phi) is 2.90. The molecule has 0 amide bonds. The Morgan fingerprint density at radius 1 is 1.05 bits per heavy atom. The predicted molar refractivity (Wildman–Crippen MR) is 71.9 cm³/mol. The van der Waals surface area contributed by atoms with Gasteiger partial charge >= 0.3 is 0 Å². The van der Waals surface area contributed by atoms with Crippen LogP contribution >= 0.6 is 0 Å². The molecule has 0 radical (unpaired) electrons. The number of aryl methyl sites for hydroxylation is 2. The summed E-state index contributed by atoms with van der Waals surface area (Å²) >= 11 is 0. The molecular weight excluding hydrogens is 256 g/mol. The lowest BCUT2D eigenvalue weighted by molar-refractivity contribution is 0.425. The molecule has 3 aromatic rings. The lowest BCUT2D eigenvalue weighted by Gasteiger charge is -1.99. The largest absolute Gasteiger partial charge is 0.507 e. The quantitative estimate of drug-likeness (QED) is 0.768. The molecule has 2 aromatic heterocycles. The van der Waals surface area contributed by atoms with Crippen LogP contribution in [0, 0.1) is 13.8 Å². The van der Waals surface area contributed by atoms with E-state index >= 15 is 0 Å². The van der Waals surface area contributed by atoms with Gasteiger partial charge in [-0.15, -0.1) is 5.10 Å². The molecule has 0 fully saturated rings. The number of nitrogens with zero attached hydrogens (tertiary/aromatic N) is 4. The summed E-state index contributed by atoms with van der Waals surface area (Å²) in [5, 5.41) is 21.7. The summed E-state index contributed by atoms with van der Waals surface area (Å²) in [5.41, 5.74) is 2.84. The summed E-state index contributed by atoms with van der Waals surface area (Å²) in [6.07, 6.45) is 0. The summed E-state index contributed by atoms with van der Waals surface area (Å²) < 4.78 is 5.18.